The van der Waals surface area contributed by atoms with E-state index in [-0.39, 0.29) is 11.8 Å². The smallest absolute Gasteiger partial charge is 0.256 e. The maximum absolute atomic E-state index is 13.6. The van der Waals surface area contributed by atoms with Crippen molar-refractivity contribution in [2.75, 3.05) is 13.1 Å². The molecular formula is C26H24N2O2. The molecule has 0 radical (unpaired) electrons. The van der Waals surface area contributed by atoms with Crippen molar-refractivity contribution < 1.29 is 9.59 Å². The topological polar surface area (TPSA) is 40.6 Å². The maximum Gasteiger partial charge on any atom is 0.256 e. The van der Waals surface area contributed by atoms with Gasteiger partial charge in [-0.3, -0.25) is 9.59 Å². The Bertz CT molecular complexity index is 1130. The van der Waals surface area contributed by atoms with Crippen LogP contribution in [0.1, 0.15) is 38.2 Å². The summed E-state index contributed by atoms with van der Waals surface area (Å²) in [6.45, 7) is 5.14. The average Bonchev–Trinajstić information content (AvgIpc) is 3.26. The van der Waals surface area contributed by atoms with E-state index in [1.165, 1.54) is 5.56 Å². The summed E-state index contributed by atoms with van der Waals surface area (Å²) >= 11 is 0. The minimum Gasteiger partial charge on any atom is -0.309 e. The second kappa shape index (κ2) is 6.84. The molecule has 30 heavy (non-hydrogen) atoms. The molecule has 1 unspecified atom stereocenters. The first-order valence-corrected chi connectivity index (χ1v) is 10.4. The SMILES string of the molecule is Cc1ccc(CC(=O)N2CCN3C(=O)c4ccccc4C23c2ccc(C)cc2)cc1. The number of fused-ring (bicyclic) bond motifs is 3. The summed E-state index contributed by atoms with van der Waals surface area (Å²) in [6.07, 6.45) is 0.318. The lowest BCUT2D eigenvalue weighted by Crippen LogP contribution is -2.52. The highest BCUT2D eigenvalue weighted by atomic mass is 16.2. The van der Waals surface area contributed by atoms with Gasteiger partial charge in [0, 0.05) is 29.8 Å². The first kappa shape index (κ1) is 18.6. The molecule has 2 heterocycles. The second-order valence-corrected chi connectivity index (χ2v) is 8.25. The first-order chi connectivity index (χ1) is 14.5. The Hall–Kier alpha value is -3.40. The van der Waals surface area contributed by atoms with Crippen molar-refractivity contribution >= 4 is 11.8 Å². The first-order valence-electron chi connectivity index (χ1n) is 10.4. The molecule has 150 valence electrons. The van der Waals surface area contributed by atoms with E-state index in [0.717, 1.165) is 22.3 Å². The van der Waals surface area contributed by atoms with E-state index in [4.69, 9.17) is 0 Å². The molecule has 4 heteroatoms. The van der Waals surface area contributed by atoms with Crippen molar-refractivity contribution in [3.05, 3.63) is 106 Å². The molecule has 3 aromatic rings. The summed E-state index contributed by atoms with van der Waals surface area (Å²) in [5, 5.41) is 0. The summed E-state index contributed by atoms with van der Waals surface area (Å²) in [6, 6.07) is 24.0. The molecule has 0 aromatic heterocycles. The molecular weight excluding hydrogens is 372 g/mol. The van der Waals surface area contributed by atoms with Crippen molar-refractivity contribution in [3.8, 4) is 0 Å². The van der Waals surface area contributed by atoms with E-state index in [0.29, 0.717) is 25.1 Å². The van der Waals surface area contributed by atoms with Gasteiger partial charge >= 0.3 is 0 Å². The number of rotatable bonds is 3. The van der Waals surface area contributed by atoms with Gasteiger partial charge in [0.25, 0.3) is 5.91 Å². The lowest BCUT2D eigenvalue weighted by atomic mass is 9.89. The Labute approximate surface area is 176 Å². The van der Waals surface area contributed by atoms with E-state index in [9.17, 15) is 9.59 Å². The summed E-state index contributed by atoms with van der Waals surface area (Å²) in [5.74, 6) is 0.0308. The Morgan fingerprint density at radius 1 is 0.867 bits per heavy atom. The van der Waals surface area contributed by atoms with Crippen molar-refractivity contribution in [1.82, 2.24) is 9.80 Å². The Morgan fingerprint density at radius 2 is 1.50 bits per heavy atom. The van der Waals surface area contributed by atoms with E-state index in [1.54, 1.807) is 0 Å². The molecule has 2 amide bonds. The number of nitrogens with zero attached hydrogens (tertiary/aromatic N) is 2. The minimum atomic E-state index is -0.872. The molecule has 5 rings (SSSR count). The standard InChI is InChI=1S/C26H24N2O2/c1-18-7-11-20(12-8-18)17-24(29)27-15-16-28-25(30)22-5-3-4-6-23(22)26(27,28)21-13-9-19(2)10-14-21/h3-14H,15-17H2,1-2H3. The highest BCUT2D eigenvalue weighted by Gasteiger charge is 2.59. The van der Waals surface area contributed by atoms with Crippen LogP contribution in [0.5, 0.6) is 0 Å². The zero-order valence-electron chi connectivity index (χ0n) is 17.3. The molecule has 0 saturated carbocycles. The molecule has 0 N–H and O–H groups in total. The van der Waals surface area contributed by atoms with Crippen LogP contribution in [0.3, 0.4) is 0 Å². The van der Waals surface area contributed by atoms with Gasteiger partial charge in [-0.15, -0.1) is 0 Å². The number of amides is 2. The fraction of sp³-hybridized carbons (Fsp3) is 0.231. The van der Waals surface area contributed by atoms with Gasteiger partial charge in [-0.1, -0.05) is 77.9 Å². The number of benzene rings is 3. The van der Waals surface area contributed by atoms with Crippen LogP contribution in [0.25, 0.3) is 0 Å². The third kappa shape index (κ3) is 2.60. The van der Waals surface area contributed by atoms with Crippen molar-refractivity contribution in [1.29, 1.82) is 0 Å². The van der Waals surface area contributed by atoms with Crippen LogP contribution in [0.2, 0.25) is 0 Å². The lowest BCUT2D eigenvalue weighted by Gasteiger charge is -2.40. The Morgan fingerprint density at radius 3 is 2.20 bits per heavy atom. The Balaban J connectivity index is 1.64. The molecule has 0 aliphatic carbocycles. The number of carbonyl (C=O) groups excluding carboxylic acids is 2. The van der Waals surface area contributed by atoms with Crippen LogP contribution in [-0.2, 0) is 16.9 Å². The van der Waals surface area contributed by atoms with Crippen LogP contribution >= 0.6 is 0 Å². The molecule has 3 aromatic carbocycles. The predicted octanol–water partition coefficient (Wildman–Crippen LogP) is 4.05. The maximum atomic E-state index is 13.6. The zero-order valence-corrected chi connectivity index (χ0v) is 17.3. The summed E-state index contributed by atoms with van der Waals surface area (Å²) < 4.78 is 0. The second-order valence-electron chi connectivity index (χ2n) is 8.25. The normalized spacial score (nSPS) is 19.7. The number of hydrogen-bond donors (Lipinski definition) is 0. The van der Waals surface area contributed by atoms with E-state index in [1.807, 2.05) is 72.2 Å². The van der Waals surface area contributed by atoms with Crippen molar-refractivity contribution in [3.63, 3.8) is 0 Å². The highest BCUT2D eigenvalue weighted by Crippen LogP contribution is 2.49. The highest BCUT2D eigenvalue weighted by molar-refractivity contribution is 6.02. The molecule has 2 aliphatic rings. The molecule has 0 spiro atoms. The van der Waals surface area contributed by atoms with E-state index < -0.39 is 5.66 Å². The monoisotopic (exact) mass is 396 g/mol. The third-order valence-electron chi connectivity index (χ3n) is 6.34. The molecule has 1 fully saturated rings. The number of carbonyl (C=O) groups is 2. The summed E-state index contributed by atoms with van der Waals surface area (Å²) in [7, 11) is 0. The van der Waals surface area contributed by atoms with Crippen LogP contribution in [0.4, 0.5) is 0 Å². The lowest BCUT2D eigenvalue weighted by molar-refractivity contribution is -0.135. The van der Waals surface area contributed by atoms with Gasteiger partial charge in [0.15, 0.2) is 5.66 Å². The van der Waals surface area contributed by atoms with Crippen molar-refractivity contribution in [2.24, 2.45) is 0 Å². The van der Waals surface area contributed by atoms with Gasteiger partial charge < -0.3 is 9.80 Å². The van der Waals surface area contributed by atoms with Crippen LogP contribution in [-0.4, -0.2) is 34.7 Å². The van der Waals surface area contributed by atoms with Gasteiger partial charge in [0.1, 0.15) is 0 Å². The molecule has 0 bridgehead atoms. The van der Waals surface area contributed by atoms with Gasteiger partial charge in [-0.05, 0) is 25.5 Å². The molecule has 1 saturated heterocycles. The minimum absolute atomic E-state index is 0.00295. The van der Waals surface area contributed by atoms with Gasteiger partial charge in [-0.25, -0.2) is 0 Å². The van der Waals surface area contributed by atoms with Crippen LogP contribution in [0.15, 0.2) is 72.8 Å². The van der Waals surface area contributed by atoms with Crippen molar-refractivity contribution in [2.45, 2.75) is 25.9 Å². The fourth-order valence-corrected chi connectivity index (χ4v) is 4.86. The number of aryl methyl sites for hydroxylation is 2. The number of hydrogen-bond acceptors (Lipinski definition) is 2. The molecule has 2 aliphatic heterocycles. The molecule has 4 nitrogen and oxygen atoms in total. The average molecular weight is 396 g/mol. The van der Waals surface area contributed by atoms with E-state index >= 15 is 0 Å². The van der Waals surface area contributed by atoms with Gasteiger partial charge in [-0.2, -0.15) is 0 Å². The third-order valence-corrected chi connectivity index (χ3v) is 6.34. The van der Waals surface area contributed by atoms with E-state index in [2.05, 4.69) is 24.3 Å². The fourth-order valence-electron chi connectivity index (χ4n) is 4.86. The molecule has 1 atom stereocenters. The van der Waals surface area contributed by atoms with Gasteiger partial charge in [0.05, 0.1) is 6.42 Å². The van der Waals surface area contributed by atoms with Crippen LogP contribution < -0.4 is 0 Å². The summed E-state index contributed by atoms with van der Waals surface area (Å²) in [4.78, 5) is 30.6. The summed E-state index contributed by atoms with van der Waals surface area (Å²) in [5.41, 5.74) is 4.98. The quantitative estimate of drug-likeness (QED) is 0.670. The van der Waals surface area contributed by atoms with Gasteiger partial charge in [0.2, 0.25) is 5.91 Å². The predicted molar refractivity (Wildman–Crippen MR) is 116 cm³/mol. The van der Waals surface area contributed by atoms with Crippen LogP contribution in [0, 0.1) is 13.8 Å². The zero-order chi connectivity index (χ0) is 20.9. The largest absolute Gasteiger partial charge is 0.309 e. The Kier molecular flexibility index (Phi) is 4.24.